The van der Waals surface area contributed by atoms with Crippen molar-refractivity contribution < 1.29 is 84.0 Å². The molecule has 1 saturated carbocycles. The summed E-state index contributed by atoms with van der Waals surface area (Å²) in [7, 11) is 1.54. The molecule has 13 heteroatoms. The number of aromatic nitrogens is 1. The van der Waals surface area contributed by atoms with Crippen LogP contribution in [0.25, 0.3) is 16.2 Å². The Morgan fingerprint density at radius 3 is 2.40 bits per heavy atom. The Morgan fingerprint density at radius 1 is 1.00 bits per heavy atom. The first-order valence-electron chi connectivity index (χ1n) is 15.1. The van der Waals surface area contributed by atoms with Gasteiger partial charge in [0.15, 0.2) is 23.1 Å². The Labute approximate surface area is 313 Å². The number of likely N-dealkylation sites (tertiary alicyclic amines) is 1. The second-order valence-electron chi connectivity index (χ2n) is 11.6. The van der Waals surface area contributed by atoms with Gasteiger partial charge in [0, 0.05) is 29.4 Å². The summed E-state index contributed by atoms with van der Waals surface area (Å²) in [6.45, 7) is 2.32. The number of nitrogens with two attached hydrogens (primary N) is 1. The van der Waals surface area contributed by atoms with E-state index in [1.54, 1.807) is 37.6 Å². The van der Waals surface area contributed by atoms with Crippen LogP contribution in [0.5, 0.6) is 23.0 Å². The Bertz CT molecular complexity index is 1750. The summed E-state index contributed by atoms with van der Waals surface area (Å²) in [5.74, 6) is -0.0739. The summed E-state index contributed by atoms with van der Waals surface area (Å²) in [6.07, 6.45) is 4.43. The average molecular weight is 670 g/mol. The predicted octanol–water partition coefficient (Wildman–Crippen LogP) is 3.07. The Balaban J connectivity index is 0.00000433. The van der Waals surface area contributed by atoms with Crippen molar-refractivity contribution in [1.82, 2.24) is 9.88 Å². The number of carbonyl (C=O) groups excluding carboxylic acids is 2. The third kappa shape index (κ3) is 8.58. The zero-order valence-corrected chi connectivity index (χ0v) is 29.4. The van der Waals surface area contributed by atoms with Crippen molar-refractivity contribution in [3.63, 3.8) is 0 Å². The maximum Gasteiger partial charge on any atom is 1.00 e. The van der Waals surface area contributed by atoms with Crippen molar-refractivity contribution in [3.8, 4) is 23.0 Å². The molecule has 2 fully saturated rings. The maximum atomic E-state index is 15.2. The second-order valence-corrected chi connectivity index (χ2v) is 11.6. The van der Waals surface area contributed by atoms with Gasteiger partial charge in [-0.3, -0.25) is 19.5 Å². The number of halogens is 2. The van der Waals surface area contributed by atoms with Gasteiger partial charge in [-0.25, -0.2) is 8.78 Å². The first-order chi connectivity index (χ1) is 22.2. The van der Waals surface area contributed by atoms with Gasteiger partial charge in [-0.1, -0.05) is 25.0 Å². The zero-order chi connectivity index (χ0) is 32.3. The number of hydrogen-bond acceptors (Lipinski definition) is 7. The molecule has 0 bridgehead atoms. The van der Waals surface area contributed by atoms with E-state index in [1.807, 2.05) is 4.90 Å². The summed E-state index contributed by atoms with van der Waals surface area (Å²) >= 11 is 0. The Kier molecular flexibility index (Phi) is 11.4. The van der Waals surface area contributed by atoms with Crippen molar-refractivity contribution in [2.24, 2.45) is 11.7 Å². The quantitative estimate of drug-likeness (QED) is 0.222. The predicted molar refractivity (Wildman–Crippen MR) is 169 cm³/mol. The number of nitrogens with one attached hydrogen (secondary N) is 1. The molecule has 10 nitrogen and oxygen atoms in total. The van der Waals surface area contributed by atoms with Crippen LogP contribution in [0.15, 0.2) is 66.9 Å². The van der Waals surface area contributed by atoms with Crippen LogP contribution in [0.4, 0.5) is 20.2 Å². The average Bonchev–Trinajstić information content (AvgIpc) is 3.83. The van der Waals surface area contributed by atoms with Crippen LogP contribution in [-0.2, 0) is 9.59 Å². The summed E-state index contributed by atoms with van der Waals surface area (Å²) in [5, 5.41) is 7.83. The van der Waals surface area contributed by atoms with Gasteiger partial charge in [-0.05, 0) is 73.8 Å². The first-order valence-corrected chi connectivity index (χ1v) is 15.1. The molecule has 1 aliphatic heterocycles. The normalized spacial score (nSPS) is 15.7. The number of nitrogens with zero attached hydrogens (tertiary/aromatic N) is 3. The topological polar surface area (TPSA) is 130 Å². The SMILES string of the molecule is COc1cc2c(Oc3ccc(NC(=O)C4([N-]c5ccc(F)cc5)CC4)cc3F)ccnc2cc1OCC1CCN(CC(N)=O)CC1.[K+]. The molecule has 3 N–H and O–H groups in total. The minimum Gasteiger partial charge on any atom is -0.671 e. The third-order valence-corrected chi connectivity index (χ3v) is 8.27. The van der Waals surface area contributed by atoms with Crippen LogP contribution in [0, 0.1) is 17.6 Å². The van der Waals surface area contributed by atoms with Gasteiger partial charge in [-0.15, -0.1) is 5.69 Å². The van der Waals surface area contributed by atoms with Crippen LogP contribution in [0.3, 0.4) is 0 Å². The van der Waals surface area contributed by atoms with Crippen LogP contribution >= 0.6 is 0 Å². The molecule has 0 radical (unpaired) electrons. The number of hydrogen-bond donors (Lipinski definition) is 2. The second kappa shape index (κ2) is 15.3. The molecule has 0 spiro atoms. The number of amides is 2. The van der Waals surface area contributed by atoms with Crippen molar-refractivity contribution in [3.05, 3.63) is 83.8 Å². The van der Waals surface area contributed by atoms with Gasteiger partial charge in [0.25, 0.3) is 0 Å². The number of carbonyl (C=O) groups is 2. The van der Waals surface area contributed by atoms with E-state index in [0.29, 0.717) is 59.2 Å². The molecule has 240 valence electrons. The summed E-state index contributed by atoms with van der Waals surface area (Å²) in [4.78, 5) is 30.7. The van der Waals surface area contributed by atoms with Gasteiger partial charge in [0.1, 0.15) is 11.6 Å². The van der Waals surface area contributed by atoms with Crippen LogP contribution in [-0.4, -0.2) is 60.6 Å². The van der Waals surface area contributed by atoms with E-state index >= 15 is 4.39 Å². The molecule has 47 heavy (non-hydrogen) atoms. The molecule has 2 heterocycles. The number of fused-ring (bicyclic) bond motifs is 1. The molecule has 0 unspecified atom stereocenters. The van der Waals surface area contributed by atoms with E-state index in [9.17, 15) is 14.0 Å². The monoisotopic (exact) mass is 669 g/mol. The number of ether oxygens (including phenoxy) is 3. The van der Waals surface area contributed by atoms with Crippen LogP contribution < -0.4 is 76.6 Å². The molecule has 2 amide bonds. The minimum atomic E-state index is -0.954. The summed E-state index contributed by atoms with van der Waals surface area (Å²) < 4.78 is 46.2. The van der Waals surface area contributed by atoms with E-state index in [-0.39, 0.29) is 87.0 Å². The van der Waals surface area contributed by atoms with Gasteiger partial charge in [0.2, 0.25) is 11.8 Å². The standard InChI is InChI=1S/C34H34F2N5O5.K/c1-44-30-17-25-27(18-31(30)45-20-21-9-14-41(15-10-21)19-32(37)42)38-13-8-28(25)46-29-7-6-24(16-26(29)36)39-33(43)34(11-12-34)40-23-4-2-22(35)3-5-23;/h2-8,13,16-18,21H,9-12,14-15,19-20H2,1H3,(H2,37,42)(H,39,43);/q-1;+1. The van der Waals surface area contributed by atoms with Crippen molar-refractivity contribution in [2.45, 2.75) is 31.2 Å². The van der Waals surface area contributed by atoms with Crippen LogP contribution in [0.2, 0.25) is 0 Å². The van der Waals surface area contributed by atoms with Crippen molar-refractivity contribution >= 4 is 34.1 Å². The minimum absolute atomic E-state index is 0. The largest absolute Gasteiger partial charge is 1.00 e. The molecule has 3 aromatic carbocycles. The Morgan fingerprint density at radius 2 is 1.74 bits per heavy atom. The molecule has 1 aromatic heterocycles. The van der Waals surface area contributed by atoms with Gasteiger partial charge >= 0.3 is 51.4 Å². The maximum absolute atomic E-state index is 15.2. The van der Waals surface area contributed by atoms with E-state index < -0.39 is 11.4 Å². The fourth-order valence-corrected chi connectivity index (χ4v) is 5.53. The zero-order valence-electron chi connectivity index (χ0n) is 26.3. The Hall–Kier alpha value is -3.33. The van der Waals surface area contributed by atoms with E-state index in [4.69, 9.17) is 19.9 Å². The van der Waals surface area contributed by atoms with Gasteiger partial charge < -0.3 is 30.6 Å². The molecule has 4 aromatic rings. The smallest absolute Gasteiger partial charge is 0.671 e. The van der Waals surface area contributed by atoms with Crippen LogP contribution in [0.1, 0.15) is 25.7 Å². The van der Waals surface area contributed by atoms with Crippen molar-refractivity contribution in [2.75, 3.05) is 38.7 Å². The number of primary amides is 1. The number of pyridine rings is 1. The molecule has 0 atom stereocenters. The number of anilines is 1. The van der Waals surface area contributed by atoms with E-state index in [0.717, 1.165) is 25.9 Å². The number of methoxy groups -OCH3 is 1. The fourth-order valence-electron chi connectivity index (χ4n) is 5.53. The molecule has 1 aliphatic carbocycles. The van der Waals surface area contributed by atoms with E-state index in [2.05, 4.69) is 15.6 Å². The summed E-state index contributed by atoms with van der Waals surface area (Å²) in [5.41, 5.74) is 5.70. The van der Waals surface area contributed by atoms with Crippen molar-refractivity contribution in [1.29, 1.82) is 0 Å². The molecular weight excluding hydrogens is 635 g/mol. The first kappa shape index (κ1) is 35.0. The molecule has 1 saturated heterocycles. The summed E-state index contributed by atoms with van der Waals surface area (Å²) in [6, 6.07) is 14.9. The molecule has 2 aliphatic rings. The molecule has 6 rings (SSSR count). The number of benzene rings is 3. The number of piperidine rings is 1. The van der Waals surface area contributed by atoms with Gasteiger partial charge in [-0.2, -0.15) is 0 Å². The molecular formula is C34H34F2KN5O5. The number of rotatable bonds is 12. The van der Waals surface area contributed by atoms with E-state index in [1.165, 1.54) is 36.4 Å². The van der Waals surface area contributed by atoms with Gasteiger partial charge in [0.05, 0.1) is 25.8 Å². The fraction of sp³-hybridized carbons (Fsp3) is 0.324. The third-order valence-electron chi connectivity index (χ3n) is 8.27.